The van der Waals surface area contributed by atoms with E-state index >= 15 is 0 Å². The fraction of sp³-hybridized carbons (Fsp3) is 0.370. The van der Waals surface area contributed by atoms with Crippen molar-refractivity contribution in [3.8, 4) is 17.2 Å². The number of halogens is 1. The molecule has 0 bridgehead atoms. The summed E-state index contributed by atoms with van der Waals surface area (Å²) >= 11 is 3.35. The summed E-state index contributed by atoms with van der Waals surface area (Å²) in [6.07, 6.45) is 2.31. The van der Waals surface area contributed by atoms with Gasteiger partial charge in [-0.15, -0.1) is 0 Å². The van der Waals surface area contributed by atoms with E-state index in [1.807, 2.05) is 11.0 Å². The van der Waals surface area contributed by atoms with Gasteiger partial charge in [-0.25, -0.2) is 8.42 Å². The maximum absolute atomic E-state index is 13.2. The number of ether oxygens (including phenoxy) is 4. The van der Waals surface area contributed by atoms with Crippen LogP contribution in [-0.4, -0.2) is 88.4 Å². The third kappa shape index (κ3) is 6.40. The Labute approximate surface area is 247 Å². The monoisotopic (exact) mass is 646 g/mol. The Balaban J connectivity index is 1.45. The molecule has 2 aromatic carbocycles. The quantitative estimate of drug-likeness (QED) is 0.365. The van der Waals surface area contributed by atoms with E-state index in [9.17, 15) is 8.42 Å². The zero-order valence-corrected chi connectivity index (χ0v) is 25.4. The Morgan fingerprint density at radius 2 is 1.61 bits per heavy atom. The van der Waals surface area contributed by atoms with Crippen LogP contribution in [0.15, 0.2) is 51.8 Å². The molecule has 1 fully saturated rings. The first kappa shape index (κ1) is 29.0. The summed E-state index contributed by atoms with van der Waals surface area (Å²) in [6, 6.07) is 10.2. The number of rotatable bonds is 9. The molecule has 0 aliphatic carbocycles. The smallest absolute Gasteiger partial charge is 0.243 e. The second-order valence-electron chi connectivity index (χ2n) is 9.22. The lowest BCUT2D eigenvalue weighted by Crippen LogP contribution is -2.38. The Kier molecular flexibility index (Phi) is 8.92. The van der Waals surface area contributed by atoms with Crippen molar-refractivity contribution in [2.45, 2.75) is 11.3 Å². The average Bonchev–Trinajstić information content (AvgIpc) is 3.01. The van der Waals surface area contributed by atoms with Crippen LogP contribution in [0.2, 0.25) is 0 Å². The van der Waals surface area contributed by atoms with Gasteiger partial charge in [-0.05, 0) is 36.3 Å². The number of aromatic nitrogens is 3. The minimum absolute atomic E-state index is 0.210. The molecule has 1 aromatic heterocycles. The lowest BCUT2D eigenvalue weighted by molar-refractivity contribution is 0.122. The van der Waals surface area contributed by atoms with Gasteiger partial charge >= 0.3 is 0 Å². The molecule has 3 heterocycles. The topological polar surface area (TPSA) is 128 Å². The van der Waals surface area contributed by atoms with Gasteiger partial charge in [0.05, 0.1) is 39.4 Å². The van der Waals surface area contributed by atoms with Gasteiger partial charge in [0.1, 0.15) is 0 Å². The number of benzene rings is 2. The number of hydrogen-bond donors (Lipinski definition) is 1. The van der Waals surface area contributed by atoms with Crippen LogP contribution < -0.4 is 24.4 Å². The molecule has 0 unspecified atom stereocenters. The molecule has 2 aliphatic rings. The molecule has 41 heavy (non-hydrogen) atoms. The summed E-state index contributed by atoms with van der Waals surface area (Å²) in [4.78, 5) is 16.5. The summed E-state index contributed by atoms with van der Waals surface area (Å²) < 4.78 is 50.6. The number of methoxy groups -OCH3 is 3. The van der Waals surface area contributed by atoms with Crippen molar-refractivity contribution in [2.24, 2.45) is 0 Å². The maximum atomic E-state index is 13.2. The predicted molar refractivity (Wildman–Crippen MR) is 158 cm³/mol. The van der Waals surface area contributed by atoms with E-state index in [1.165, 1.54) is 4.31 Å². The van der Waals surface area contributed by atoms with Crippen LogP contribution in [0, 0.1) is 0 Å². The number of nitrogens with zero attached hydrogens (tertiary/aromatic N) is 5. The number of hydrogen-bond acceptors (Lipinski definition) is 11. The molecule has 1 saturated heterocycles. The first-order valence-electron chi connectivity index (χ1n) is 12.9. The highest BCUT2D eigenvalue weighted by molar-refractivity contribution is 9.10. The molecule has 218 valence electrons. The molecule has 3 aromatic rings. The fourth-order valence-corrected chi connectivity index (χ4v) is 6.22. The number of anilines is 3. The Hall–Kier alpha value is -3.46. The first-order chi connectivity index (χ1) is 19.8. The number of sulfonamides is 1. The van der Waals surface area contributed by atoms with Crippen molar-refractivity contribution in [3.05, 3.63) is 52.8 Å². The van der Waals surface area contributed by atoms with E-state index < -0.39 is 10.0 Å². The van der Waals surface area contributed by atoms with Crippen molar-refractivity contribution in [1.82, 2.24) is 19.3 Å². The van der Waals surface area contributed by atoms with E-state index in [4.69, 9.17) is 28.9 Å². The molecular formula is C27H31BrN6O6S. The normalized spacial score (nSPS) is 16.2. The van der Waals surface area contributed by atoms with Gasteiger partial charge in [0.2, 0.25) is 27.7 Å². The summed E-state index contributed by atoms with van der Waals surface area (Å²) in [5.74, 6) is 2.77. The zero-order chi connectivity index (χ0) is 29.0. The van der Waals surface area contributed by atoms with Gasteiger partial charge in [0.15, 0.2) is 17.3 Å². The minimum atomic E-state index is -3.63. The standard InChI is InChI=1S/C27H31BrN6O6S/c1-37-22-16-20(17-23(38-2)24(22)39-3)29-26-30-25(31-27(32-26)33-12-14-40-15-13-33)18-8-10-34(11-9-18)41(35,36)21-6-4-19(28)5-7-21/h4-8,16-17H,9-15H2,1-3H3,(H,29,30,31,32). The first-order valence-corrected chi connectivity index (χ1v) is 15.2. The van der Waals surface area contributed by atoms with E-state index in [0.717, 1.165) is 10.0 Å². The van der Waals surface area contributed by atoms with Crippen LogP contribution in [0.5, 0.6) is 17.2 Å². The third-order valence-electron chi connectivity index (χ3n) is 6.75. The Morgan fingerprint density at radius 1 is 0.927 bits per heavy atom. The Morgan fingerprint density at radius 3 is 2.20 bits per heavy atom. The highest BCUT2D eigenvalue weighted by Crippen LogP contribution is 2.40. The summed E-state index contributed by atoms with van der Waals surface area (Å²) in [6.45, 7) is 2.95. The molecule has 2 aliphatic heterocycles. The van der Waals surface area contributed by atoms with E-state index in [2.05, 4.69) is 26.2 Å². The van der Waals surface area contributed by atoms with Crippen LogP contribution in [0.25, 0.3) is 5.57 Å². The van der Waals surface area contributed by atoms with Gasteiger partial charge in [0, 0.05) is 48.5 Å². The summed E-state index contributed by atoms with van der Waals surface area (Å²) in [7, 11) is 1.01. The minimum Gasteiger partial charge on any atom is -0.493 e. The SMILES string of the molecule is COc1cc(Nc2nc(C3=CCN(S(=O)(=O)c4ccc(Br)cc4)CC3)nc(N3CCOCC3)n2)cc(OC)c1OC. The molecule has 0 amide bonds. The number of morpholine rings is 1. The fourth-order valence-electron chi connectivity index (χ4n) is 4.58. The second kappa shape index (κ2) is 12.6. The van der Waals surface area contributed by atoms with Crippen molar-refractivity contribution in [1.29, 1.82) is 0 Å². The highest BCUT2D eigenvalue weighted by atomic mass is 79.9. The second-order valence-corrected chi connectivity index (χ2v) is 12.1. The van der Waals surface area contributed by atoms with E-state index in [0.29, 0.717) is 79.9 Å². The van der Waals surface area contributed by atoms with Gasteiger partial charge in [-0.3, -0.25) is 0 Å². The average molecular weight is 648 g/mol. The molecule has 14 heteroatoms. The molecule has 0 spiro atoms. The van der Waals surface area contributed by atoms with E-state index in [-0.39, 0.29) is 11.4 Å². The maximum Gasteiger partial charge on any atom is 0.243 e. The van der Waals surface area contributed by atoms with Crippen LogP contribution in [0.3, 0.4) is 0 Å². The van der Waals surface area contributed by atoms with Crippen LogP contribution >= 0.6 is 15.9 Å². The van der Waals surface area contributed by atoms with Crippen molar-refractivity contribution in [3.63, 3.8) is 0 Å². The van der Waals surface area contributed by atoms with Crippen molar-refractivity contribution in [2.75, 3.05) is 70.9 Å². The molecule has 12 nitrogen and oxygen atoms in total. The van der Waals surface area contributed by atoms with Gasteiger partial charge in [-0.2, -0.15) is 19.3 Å². The van der Waals surface area contributed by atoms with Crippen LogP contribution in [0.1, 0.15) is 12.2 Å². The lowest BCUT2D eigenvalue weighted by Gasteiger charge is -2.28. The largest absolute Gasteiger partial charge is 0.493 e. The molecule has 0 radical (unpaired) electrons. The van der Waals surface area contributed by atoms with Crippen LogP contribution in [0.4, 0.5) is 17.6 Å². The van der Waals surface area contributed by atoms with Crippen LogP contribution in [-0.2, 0) is 14.8 Å². The molecule has 5 rings (SSSR count). The predicted octanol–water partition coefficient (Wildman–Crippen LogP) is 3.72. The van der Waals surface area contributed by atoms with Crippen molar-refractivity contribution >= 4 is 49.1 Å². The van der Waals surface area contributed by atoms with Gasteiger partial charge < -0.3 is 29.2 Å². The van der Waals surface area contributed by atoms with Crippen molar-refractivity contribution < 1.29 is 27.4 Å². The lowest BCUT2D eigenvalue weighted by atomic mass is 10.1. The summed E-state index contributed by atoms with van der Waals surface area (Å²) in [5.41, 5.74) is 1.48. The molecule has 1 N–H and O–H groups in total. The molecular weight excluding hydrogens is 616 g/mol. The Bertz CT molecular complexity index is 1500. The third-order valence-corrected chi connectivity index (χ3v) is 9.16. The van der Waals surface area contributed by atoms with E-state index in [1.54, 1.807) is 57.7 Å². The van der Waals surface area contributed by atoms with Gasteiger partial charge in [0.25, 0.3) is 0 Å². The highest BCUT2D eigenvalue weighted by Gasteiger charge is 2.28. The molecule has 0 atom stereocenters. The molecule has 0 saturated carbocycles. The zero-order valence-electron chi connectivity index (χ0n) is 23.0. The van der Waals surface area contributed by atoms with Gasteiger partial charge in [-0.1, -0.05) is 22.0 Å². The summed E-state index contributed by atoms with van der Waals surface area (Å²) in [5, 5.41) is 3.25. The number of nitrogens with one attached hydrogen (secondary N) is 1.